The Morgan fingerprint density at radius 2 is 2.36 bits per heavy atom. The molecule has 1 heterocycles. The van der Waals surface area contributed by atoms with Crippen molar-refractivity contribution in [3.05, 3.63) is 34.5 Å². The SMILES string of the molecule is COc1ccc2c(c1C(=O)O)OB(O)C(S/C(N)=C/NN)C2. The van der Waals surface area contributed by atoms with Crippen LogP contribution in [0.15, 0.2) is 23.4 Å². The molecule has 1 aliphatic heterocycles. The van der Waals surface area contributed by atoms with Gasteiger partial charge in [0.15, 0.2) is 0 Å². The lowest BCUT2D eigenvalue weighted by atomic mass is 9.77. The zero-order chi connectivity index (χ0) is 16.3. The molecule has 0 aromatic heterocycles. The van der Waals surface area contributed by atoms with Crippen molar-refractivity contribution in [2.75, 3.05) is 7.11 Å². The van der Waals surface area contributed by atoms with E-state index >= 15 is 0 Å². The van der Waals surface area contributed by atoms with Crippen LogP contribution in [0.25, 0.3) is 0 Å². The number of nitrogens with one attached hydrogen (secondary N) is 1. The highest BCUT2D eigenvalue weighted by atomic mass is 32.2. The van der Waals surface area contributed by atoms with Crippen molar-refractivity contribution in [3.63, 3.8) is 0 Å². The minimum absolute atomic E-state index is 0.102. The van der Waals surface area contributed by atoms with Gasteiger partial charge < -0.3 is 30.7 Å². The molecular weight excluding hydrogens is 309 g/mol. The second-order valence-electron chi connectivity index (χ2n) is 4.52. The summed E-state index contributed by atoms with van der Waals surface area (Å²) < 4.78 is 10.4. The molecule has 118 valence electrons. The summed E-state index contributed by atoms with van der Waals surface area (Å²) in [4.78, 5) is 11.4. The topological polar surface area (TPSA) is 140 Å². The van der Waals surface area contributed by atoms with Crippen molar-refractivity contribution in [3.8, 4) is 11.5 Å². The van der Waals surface area contributed by atoms with E-state index in [-0.39, 0.29) is 22.2 Å². The van der Waals surface area contributed by atoms with Crippen molar-refractivity contribution in [2.24, 2.45) is 11.6 Å². The summed E-state index contributed by atoms with van der Waals surface area (Å²) in [7, 11) is 0.171. The third-order valence-corrected chi connectivity index (χ3v) is 4.22. The number of ether oxygens (including phenoxy) is 1. The van der Waals surface area contributed by atoms with Gasteiger partial charge in [0.1, 0.15) is 17.1 Å². The summed E-state index contributed by atoms with van der Waals surface area (Å²) in [6.45, 7) is 0. The fraction of sp³-hybridized carbons (Fsp3) is 0.250. The lowest BCUT2D eigenvalue weighted by Gasteiger charge is -2.28. The lowest BCUT2D eigenvalue weighted by Crippen LogP contribution is -2.41. The predicted molar refractivity (Wildman–Crippen MR) is 83.2 cm³/mol. The number of benzene rings is 1. The molecule has 0 fully saturated rings. The number of fused-ring (bicyclic) bond motifs is 1. The van der Waals surface area contributed by atoms with Crippen LogP contribution in [0.2, 0.25) is 0 Å². The van der Waals surface area contributed by atoms with E-state index in [1.165, 1.54) is 25.1 Å². The molecule has 8 nitrogen and oxygen atoms in total. The van der Waals surface area contributed by atoms with Crippen LogP contribution in [0, 0.1) is 0 Å². The number of carboxylic acid groups (broad SMARTS) is 1. The van der Waals surface area contributed by atoms with Crippen LogP contribution in [0.3, 0.4) is 0 Å². The lowest BCUT2D eigenvalue weighted by molar-refractivity contribution is 0.0690. The molecule has 0 aliphatic carbocycles. The first kappa shape index (κ1) is 16.3. The zero-order valence-corrected chi connectivity index (χ0v) is 12.6. The number of hydrogen-bond donors (Lipinski definition) is 5. The number of methoxy groups -OCH3 is 1. The quantitative estimate of drug-likeness (QED) is 0.279. The molecule has 0 saturated heterocycles. The predicted octanol–water partition coefficient (Wildman–Crippen LogP) is -0.329. The first-order chi connectivity index (χ1) is 10.5. The maximum Gasteiger partial charge on any atom is 0.537 e. The minimum Gasteiger partial charge on any atom is -0.534 e. The van der Waals surface area contributed by atoms with Crippen LogP contribution in [-0.2, 0) is 6.42 Å². The van der Waals surface area contributed by atoms with Gasteiger partial charge in [0.05, 0.1) is 17.3 Å². The Hall–Kier alpha value is -2.04. The first-order valence-corrected chi connectivity index (χ1v) is 7.22. The third kappa shape index (κ3) is 3.24. The van der Waals surface area contributed by atoms with Gasteiger partial charge in [0, 0.05) is 6.20 Å². The molecular formula is C12H16BN3O5S. The van der Waals surface area contributed by atoms with Crippen LogP contribution >= 0.6 is 11.8 Å². The monoisotopic (exact) mass is 325 g/mol. The van der Waals surface area contributed by atoms with E-state index in [2.05, 4.69) is 5.43 Å². The number of hydrogen-bond acceptors (Lipinski definition) is 8. The molecule has 0 amide bonds. The van der Waals surface area contributed by atoms with Crippen molar-refractivity contribution in [1.82, 2.24) is 5.43 Å². The average molecular weight is 325 g/mol. The van der Waals surface area contributed by atoms with Gasteiger partial charge in [-0.15, -0.1) is 11.8 Å². The normalized spacial score (nSPS) is 17.5. The number of carbonyl (C=O) groups is 1. The number of aromatic carboxylic acids is 1. The van der Waals surface area contributed by atoms with Gasteiger partial charge >= 0.3 is 13.1 Å². The molecule has 2 rings (SSSR count). The molecule has 1 aromatic carbocycles. The van der Waals surface area contributed by atoms with Gasteiger partial charge in [-0.2, -0.15) is 0 Å². The fourth-order valence-electron chi connectivity index (χ4n) is 2.18. The molecule has 1 atom stereocenters. The molecule has 0 radical (unpaired) electrons. The Bertz CT molecular complexity index is 613. The van der Waals surface area contributed by atoms with Crippen LogP contribution < -0.4 is 26.4 Å². The summed E-state index contributed by atoms with van der Waals surface area (Å²) in [6.07, 6.45) is 1.79. The Labute approximate surface area is 131 Å². The van der Waals surface area contributed by atoms with E-state index in [0.29, 0.717) is 17.0 Å². The Morgan fingerprint density at radius 1 is 1.64 bits per heavy atom. The Morgan fingerprint density at radius 3 is 2.95 bits per heavy atom. The number of hydrazine groups is 1. The molecule has 1 unspecified atom stereocenters. The molecule has 0 saturated carbocycles. The Balaban J connectivity index is 2.33. The number of carboxylic acids is 1. The van der Waals surface area contributed by atoms with Gasteiger partial charge in [-0.25, -0.2) is 4.79 Å². The highest BCUT2D eigenvalue weighted by Gasteiger charge is 2.38. The van der Waals surface area contributed by atoms with E-state index in [0.717, 1.165) is 0 Å². The van der Waals surface area contributed by atoms with Gasteiger partial charge in [0.25, 0.3) is 0 Å². The van der Waals surface area contributed by atoms with Crippen LogP contribution in [0.5, 0.6) is 11.5 Å². The van der Waals surface area contributed by atoms with Crippen LogP contribution in [0.4, 0.5) is 0 Å². The van der Waals surface area contributed by atoms with E-state index in [1.807, 2.05) is 0 Å². The number of nitrogens with two attached hydrogens (primary N) is 2. The number of rotatable bonds is 5. The first-order valence-electron chi connectivity index (χ1n) is 6.34. The smallest absolute Gasteiger partial charge is 0.534 e. The fourth-order valence-corrected chi connectivity index (χ4v) is 3.10. The highest BCUT2D eigenvalue weighted by molar-refractivity contribution is 8.04. The molecule has 7 N–H and O–H groups in total. The molecule has 1 aromatic rings. The van der Waals surface area contributed by atoms with E-state index < -0.39 is 13.1 Å². The second-order valence-corrected chi connectivity index (χ2v) is 5.83. The zero-order valence-electron chi connectivity index (χ0n) is 11.8. The van der Waals surface area contributed by atoms with Gasteiger partial charge in [-0.1, -0.05) is 6.07 Å². The maximum absolute atomic E-state index is 11.4. The molecule has 1 aliphatic rings. The van der Waals surface area contributed by atoms with Crippen LogP contribution in [0.1, 0.15) is 15.9 Å². The van der Waals surface area contributed by atoms with Gasteiger partial charge in [-0.3, -0.25) is 5.84 Å². The minimum atomic E-state index is -1.20. The van der Waals surface area contributed by atoms with Gasteiger partial charge in [0.2, 0.25) is 0 Å². The summed E-state index contributed by atoms with van der Waals surface area (Å²) >= 11 is 1.18. The molecule has 0 bridgehead atoms. The average Bonchev–Trinajstić information content (AvgIpc) is 2.46. The van der Waals surface area contributed by atoms with Crippen molar-refractivity contribution >= 4 is 24.8 Å². The molecule has 0 spiro atoms. The highest BCUT2D eigenvalue weighted by Crippen LogP contribution is 2.39. The molecule has 22 heavy (non-hydrogen) atoms. The second kappa shape index (κ2) is 6.82. The summed E-state index contributed by atoms with van der Waals surface area (Å²) in [5.41, 5.74) is 8.59. The van der Waals surface area contributed by atoms with Crippen molar-refractivity contribution in [1.29, 1.82) is 0 Å². The third-order valence-electron chi connectivity index (χ3n) is 3.13. The summed E-state index contributed by atoms with van der Waals surface area (Å²) in [5, 5.41) is 19.4. The van der Waals surface area contributed by atoms with Crippen molar-refractivity contribution < 1.29 is 24.3 Å². The summed E-state index contributed by atoms with van der Waals surface area (Å²) in [6, 6.07) is 3.27. The number of thioether (sulfide) groups is 1. The summed E-state index contributed by atoms with van der Waals surface area (Å²) in [5.74, 6) is 4.25. The maximum atomic E-state index is 11.4. The van der Waals surface area contributed by atoms with Crippen molar-refractivity contribution in [2.45, 2.75) is 11.6 Å². The van der Waals surface area contributed by atoms with E-state index in [1.54, 1.807) is 12.1 Å². The standard InChI is InChI=1S/C12H16BN3O5S/c1-20-7-3-2-6-4-8(22-9(14)5-16-15)13(19)21-11(6)10(7)12(17)18/h2-3,5,8,16,19H,4,14-15H2,1H3,(H,17,18)/b9-5+. The van der Waals surface area contributed by atoms with Gasteiger partial charge in [-0.05, 0) is 18.1 Å². The van der Waals surface area contributed by atoms with Crippen LogP contribution in [-0.4, -0.2) is 35.5 Å². The van der Waals surface area contributed by atoms with E-state index in [4.69, 9.17) is 21.0 Å². The molecule has 10 heteroatoms. The Kier molecular flexibility index (Phi) is 5.06. The van der Waals surface area contributed by atoms with E-state index in [9.17, 15) is 14.9 Å². The largest absolute Gasteiger partial charge is 0.537 e.